The Morgan fingerprint density at radius 1 is 1.52 bits per heavy atom. The maximum Gasteiger partial charge on any atom is 0.343 e. The van der Waals surface area contributed by atoms with Gasteiger partial charge in [0.05, 0.1) is 10.2 Å². The Morgan fingerprint density at radius 3 is 2.96 bits per heavy atom. The summed E-state index contributed by atoms with van der Waals surface area (Å²) in [7, 11) is 0. The van der Waals surface area contributed by atoms with E-state index in [1.807, 2.05) is 6.92 Å². The highest BCUT2D eigenvalue weighted by Crippen LogP contribution is 2.23. The van der Waals surface area contributed by atoms with Crippen LogP contribution >= 0.6 is 11.8 Å². The highest BCUT2D eigenvalue weighted by Gasteiger charge is 2.19. The maximum atomic E-state index is 12.3. The molecular formula is C15H19N5O4S. The summed E-state index contributed by atoms with van der Waals surface area (Å²) in [6.07, 6.45) is 1.77. The van der Waals surface area contributed by atoms with Crippen molar-refractivity contribution < 1.29 is 9.72 Å². The van der Waals surface area contributed by atoms with Crippen molar-refractivity contribution >= 4 is 29.0 Å². The third kappa shape index (κ3) is 4.92. The largest absolute Gasteiger partial charge is 0.343 e. The second-order valence-corrected chi connectivity index (χ2v) is 6.68. The van der Waals surface area contributed by atoms with Gasteiger partial charge in [-0.25, -0.2) is 9.89 Å². The van der Waals surface area contributed by atoms with Crippen molar-refractivity contribution in [2.45, 2.75) is 43.6 Å². The van der Waals surface area contributed by atoms with E-state index in [2.05, 4.69) is 15.5 Å². The Labute approximate surface area is 148 Å². The van der Waals surface area contributed by atoms with Crippen LogP contribution in [0.2, 0.25) is 0 Å². The fourth-order valence-electron chi connectivity index (χ4n) is 2.06. The number of nitrogens with zero attached hydrogens (tertiary/aromatic N) is 3. The first-order chi connectivity index (χ1) is 11.9. The molecule has 2 N–H and O–H groups in total. The van der Waals surface area contributed by atoms with Crippen LogP contribution in [-0.4, -0.2) is 30.8 Å². The van der Waals surface area contributed by atoms with E-state index in [1.54, 1.807) is 13.0 Å². The first kappa shape index (κ1) is 18.7. The van der Waals surface area contributed by atoms with Crippen molar-refractivity contribution in [3.63, 3.8) is 0 Å². The van der Waals surface area contributed by atoms with Gasteiger partial charge in [-0.05, 0) is 19.4 Å². The number of carbonyl (C=O) groups is 1. The molecular weight excluding hydrogens is 346 g/mol. The first-order valence-corrected chi connectivity index (χ1v) is 8.67. The molecule has 134 valence electrons. The number of carbonyl (C=O) groups excluding carboxylic acids is 1. The Kier molecular flexibility index (Phi) is 6.34. The zero-order valence-electron chi connectivity index (χ0n) is 13.9. The Morgan fingerprint density at radius 2 is 2.28 bits per heavy atom. The molecule has 0 fully saturated rings. The lowest BCUT2D eigenvalue weighted by Gasteiger charge is -2.12. The molecule has 0 bridgehead atoms. The number of unbranched alkanes of at least 4 members (excludes halogenated alkanes) is 1. The van der Waals surface area contributed by atoms with Crippen LogP contribution in [0, 0.1) is 10.1 Å². The average Bonchev–Trinajstić information content (AvgIpc) is 2.92. The van der Waals surface area contributed by atoms with Crippen LogP contribution in [0.3, 0.4) is 0 Å². The summed E-state index contributed by atoms with van der Waals surface area (Å²) in [5, 5.41) is 19.7. The van der Waals surface area contributed by atoms with Gasteiger partial charge in [0.1, 0.15) is 0 Å². The van der Waals surface area contributed by atoms with Crippen LogP contribution < -0.4 is 11.0 Å². The lowest BCUT2D eigenvalue weighted by atomic mass is 10.2. The zero-order valence-corrected chi connectivity index (χ0v) is 14.7. The Hall–Kier alpha value is -2.62. The van der Waals surface area contributed by atoms with Crippen molar-refractivity contribution in [3.8, 4) is 0 Å². The average molecular weight is 365 g/mol. The Bertz CT molecular complexity index is 816. The van der Waals surface area contributed by atoms with Gasteiger partial charge in [-0.3, -0.25) is 19.5 Å². The third-order valence-corrected chi connectivity index (χ3v) is 4.52. The van der Waals surface area contributed by atoms with Gasteiger partial charge in [0.15, 0.2) is 5.16 Å². The van der Waals surface area contributed by atoms with Crippen molar-refractivity contribution in [2.75, 3.05) is 5.32 Å². The number of H-pyrrole nitrogens is 1. The van der Waals surface area contributed by atoms with E-state index in [4.69, 9.17) is 0 Å². The molecule has 10 heteroatoms. The smallest absolute Gasteiger partial charge is 0.325 e. The van der Waals surface area contributed by atoms with E-state index >= 15 is 0 Å². The van der Waals surface area contributed by atoms with Gasteiger partial charge in [-0.15, -0.1) is 5.10 Å². The molecule has 1 amide bonds. The number of rotatable bonds is 8. The number of hydrogen-bond donors (Lipinski definition) is 2. The quantitative estimate of drug-likeness (QED) is 0.421. The summed E-state index contributed by atoms with van der Waals surface area (Å²) >= 11 is 1.15. The summed E-state index contributed by atoms with van der Waals surface area (Å²) in [6, 6.07) is 5.72. The van der Waals surface area contributed by atoms with E-state index < -0.39 is 10.2 Å². The van der Waals surface area contributed by atoms with E-state index in [-0.39, 0.29) is 17.3 Å². The summed E-state index contributed by atoms with van der Waals surface area (Å²) < 4.78 is 1.51. The van der Waals surface area contributed by atoms with Crippen LogP contribution in [0.1, 0.15) is 26.7 Å². The van der Waals surface area contributed by atoms with Crippen molar-refractivity contribution in [1.29, 1.82) is 0 Å². The number of amides is 1. The summed E-state index contributed by atoms with van der Waals surface area (Å²) in [5.74, 6) is -0.331. The summed E-state index contributed by atoms with van der Waals surface area (Å²) in [6.45, 7) is 4.24. The molecule has 0 radical (unpaired) electrons. The predicted octanol–water partition coefficient (Wildman–Crippen LogP) is 2.40. The van der Waals surface area contributed by atoms with Crippen molar-refractivity contribution in [3.05, 3.63) is 44.9 Å². The third-order valence-electron chi connectivity index (χ3n) is 3.43. The molecule has 25 heavy (non-hydrogen) atoms. The molecule has 1 unspecified atom stereocenters. The molecule has 0 spiro atoms. The molecule has 1 aromatic carbocycles. The first-order valence-electron chi connectivity index (χ1n) is 7.79. The fraction of sp³-hybridized carbons (Fsp3) is 0.400. The molecule has 1 atom stereocenters. The monoisotopic (exact) mass is 365 g/mol. The maximum absolute atomic E-state index is 12.3. The molecule has 1 aromatic heterocycles. The van der Waals surface area contributed by atoms with E-state index in [9.17, 15) is 19.7 Å². The normalized spacial score (nSPS) is 11.9. The molecule has 1 heterocycles. The van der Waals surface area contributed by atoms with Crippen LogP contribution in [0.5, 0.6) is 0 Å². The van der Waals surface area contributed by atoms with Crippen molar-refractivity contribution in [2.24, 2.45) is 0 Å². The Balaban J connectivity index is 2.05. The minimum Gasteiger partial charge on any atom is -0.325 e. The van der Waals surface area contributed by atoms with Crippen LogP contribution in [0.25, 0.3) is 0 Å². The van der Waals surface area contributed by atoms with Gasteiger partial charge in [0.2, 0.25) is 5.91 Å². The topological polar surface area (TPSA) is 123 Å². The van der Waals surface area contributed by atoms with E-state index in [1.165, 1.54) is 22.8 Å². The van der Waals surface area contributed by atoms with Gasteiger partial charge < -0.3 is 5.32 Å². The summed E-state index contributed by atoms with van der Waals surface area (Å²) in [5.41, 5.74) is -0.0573. The van der Waals surface area contributed by atoms with Gasteiger partial charge in [-0.1, -0.05) is 31.2 Å². The van der Waals surface area contributed by atoms with Gasteiger partial charge in [0.25, 0.3) is 5.69 Å². The number of anilines is 1. The number of aromatic nitrogens is 3. The molecule has 0 saturated heterocycles. The van der Waals surface area contributed by atoms with Gasteiger partial charge in [0, 0.05) is 24.4 Å². The number of nitro benzene ring substituents is 1. The van der Waals surface area contributed by atoms with Gasteiger partial charge in [-0.2, -0.15) is 0 Å². The summed E-state index contributed by atoms with van der Waals surface area (Å²) in [4.78, 5) is 34.3. The number of nitro groups is 1. The van der Waals surface area contributed by atoms with Crippen LogP contribution in [0.4, 0.5) is 11.4 Å². The van der Waals surface area contributed by atoms with Crippen molar-refractivity contribution in [1.82, 2.24) is 14.8 Å². The minimum atomic E-state index is -0.533. The number of hydrogen-bond acceptors (Lipinski definition) is 6. The number of benzene rings is 1. The molecule has 0 aliphatic heterocycles. The molecule has 0 saturated carbocycles. The lowest BCUT2D eigenvalue weighted by Crippen LogP contribution is -2.24. The fourth-order valence-corrected chi connectivity index (χ4v) is 2.94. The van der Waals surface area contributed by atoms with Gasteiger partial charge >= 0.3 is 5.69 Å². The molecule has 2 aromatic rings. The highest BCUT2D eigenvalue weighted by molar-refractivity contribution is 8.00. The number of non-ortho nitro benzene ring substituents is 1. The molecule has 0 aliphatic rings. The molecule has 0 aliphatic carbocycles. The highest BCUT2D eigenvalue weighted by atomic mass is 32.2. The molecule has 9 nitrogen and oxygen atoms in total. The number of aromatic amines is 1. The second-order valence-electron chi connectivity index (χ2n) is 5.37. The second kappa shape index (κ2) is 8.47. The van der Waals surface area contributed by atoms with Crippen LogP contribution in [-0.2, 0) is 11.3 Å². The SMILES string of the molecule is CCCCn1c(SC(C)C(=O)Nc2cccc([N+](=O)[O-])c2)n[nH]c1=O. The minimum absolute atomic E-state index is 0.0983. The van der Waals surface area contributed by atoms with E-state index in [0.717, 1.165) is 24.6 Å². The zero-order chi connectivity index (χ0) is 18.4. The lowest BCUT2D eigenvalue weighted by molar-refractivity contribution is -0.384. The predicted molar refractivity (Wildman–Crippen MR) is 94.8 cm³/mol. The number of nitrogens with one attached hydrogen (secondary N) is 2. The van der Waals surface area contributed by atoms with Crippen LogP contribution in [0.15, 0.2) is 34.2 Å². The van der Waals surface area contributed by atoms with E-state index in [0.29, 0.717) is 17.4 Å². The number of thioether (sulfide) groups is 1. The molecule has 2 rings (SSSR count). The standard InChI is InChI=1S/C15H19N5O4S/c1-3-4-8-19-14(22)17-18-15(19)25-10(2)13(21)16-11-6-5-7-12(9-11)20(23)24/h5-7,9-10H,3-4,8H2,1-2H3,(H,16,21)(H,17,22).